The Bertz CT molecular complexity index is 1130. The second-order valence-corrected chi connectivity index (χ2v) is 6.88. The molecule has 1 fully saturated rings. The second-order valence-electron chi connectivity index (χ2n) is 6.88. The SMILES string of the molecule is O=C(c1nccc2ccccc12)N1CCCC[C@@H]1c1ccn2ccnc2n1. The van der Waals surface area contributed by atoms with Crippen LogP contribution in [0.15, 0.2) is 61.2 Å². The highest BCUT2D eigenvalue weighted by Crippen LogP contribution is 2.32. The lowest BCUT2D eigenvalue weighted by Crippen LogP contribution is -2.39. The Morgan fingerprint density at radius 3 is 2.89 bits per heavy atom. The highest BCUT2D eigenvalue weighted by molar-refractivity contribution is 6.05. The fourth-order valence-electron chi connectivity index (χ4n) is 3.91. The molecule has 6 heteroatoms. The third kappa shape index (κ3) is 2.73. The monoisotopic (exact) mass is 357 g/mol. The molecule has 27 heavy (non-hydrogen) atoms. The van der Waals surface area contributed by atoms with Crippen LogP contribution in [0.5, 0.6) is 0 Å². The van der Waals surface area contributed by atoms with Gasteiger partial charge in [-0.05, 0) is 36.8 Å². The van der Waals surface area contributed by atoms with E-state index in [9.17, 15) is 4.79 Å². The van der Waals surface area contributed by atoms with Gasteiger partial charge in [0.2, 0.25) is 5.78 Å². The van der Waals surface area contributed by atoms with Gasteiger partial charge in [-0.25, -0.2) is 9.97 Å². The van der Waals surface area contributed by atoms with Crippen LogP contribution >= 0.6 is 0 Å². The zero-order valence-corrected chi connectivity index (χ0v) is 14.8. The molecule has 1 atom stereocenters. The number of aromatic nitrogens is 4. The van der Waals surface area contributed by atoms with Gasteiger partial charge in [-0.3, -0.25) is 14.2 Å². The molecule has 1 aromatic carbocycles. The molecule has 0 saturated carbocycles. The smallest absolute Gasteiger partial charge is 0.273 e. The largest absolute Gasteiger partial charge is 0.329 e. The summed E-state index contributed by atoms with van der Waals surface area (Å²) in [6, 6.07) is 11.8. The second kappa shape index (κ2) is 6.46. The number of benzene rings is 1. The van der Waals surface area contributed by atoms with Crippen LogP contribution in [-0.4, -0.2) is 36.7 Å². The highest BCUT2D eigenvalue weighted by atomic mass is 16.2. The van der Waals surface area contributed by atoms with Crippen molar-refractivity contribution >= 4 is 22.5 Å². The first-order valence-electron chi connectivity index (χ1n) is 9.25. The van der Waals surface area contributed by atoms with Crippen LogP contribution in [0.25, 0.3) is 16.6 Å². The van der Waals surface area contributed by atoms with E-state index >= 15 is 0 Å². The number of hydrogen-bond donors (Lipinski definition) is 0. The summed E-state index contributed by atoms with van der Waals surface area (Å²) in [5.74, 6) is 0.635. The normalized spacial score (nSPS) is 17.5. The lowest BCUT2D eigenvalue weighted by atomic mass is 9.98. The zero-order valence-electron chi connectivity index (χ0n) is 14.8. The first-order valence-corrected chi connectivity index (χ1v) is 9.25. The molecule has 1 aliphatic heterocycles. The summed E-state index contributed by atoms with van der Waals surface area (Å²) < 4.78 is 1.88. The Balaban J connectivity index is 1.55. The number of rotatable bonds is 2. The van der Waals surface area contributed by atoms with Crippen LogP contribution in [0.2, 0.25) is 0 Å². The molecule has 0 radical (unpaired) electrons. The fraction of sp³-hybridized carbons (Fsp3) is 0.238. The van der Waals surface area contributed by atoms with E-state index in [1.807, 2.05) is 58.1 Å². The van der Waals surface area contributed by atoms with Crippen LogP contribution in [0.4, 0.5) is 0 Å². The van der Waals surface area contributed by atoms with E-state index in [1.165, 1.54) is 0 Å². The number of carbonyl (C=O) groups excluding carboxylic acids is 1. The van der Waals surface area contributed by atoms with Gasteiger partial charge in [0.15, 0.2) is 0 Å². The molecule has 6 nitrogen and oxygen atoms in total. The number of imidazole rings is 1. The van der Waals surface area contributed by atoms with Crippen molar-refractivity contribution in [2.45, 2.75) is 25.3 Å². The van der Waals surface area contributed by atoms with E-state index in [4.69, 9.17) is 0 Å². The number of piperidine rings is 1. The van der Waals surface area contributed by atoms with Crippen molar-refractivity contribution in [1.29, 1.82) is 0 Å². The van der Waals surface area contributed by atoms with Gasteiger partial charge < -0.3 is 4.90 Å². The molecule has 4 heterocycles. The van der Waals surface area contributed by atoms with Gasteiger partial charge in [0, 0.05) is 36.7 Å². The first-order chi connectivity index (χ1) is 13.3. The summed E-state index contributed by atoms with van der Waals surface area (Å²) in [4.78, 5) is 28.7. The van der Waals surface area contributed by atoms with E-state index in [1.54, 1.807) is 12.4 Å². The topological polar surface area (TPSA) is 63.4 Å². The Morgan fingerprint density at radius 2 is 1.93 bits per heavy atom. The third-order valence-electron chi connectivity index (χ3n) is 5.26. The van der Waals surface area contributed by atoms with E-state index in [0.717, 1.165) is 42.3 Å². The van der Waals surface area contributed by atoms with Crippen LogP contribution < -0.4 is 0 Å². The molecule has 0 N–H and O–H groups in total. The Morgan fingerprint density at radius 1 is 1.00 bits per heavy atom. The quantitative estimate of drug-likeness (QED) is 0.549. The Kier molecular flexibility index (Phi) is 3.81. The van der Waals surface area contributed by atoms with Gasteiger partial charge in [-0.1, -0.05) is 24.3 Å². The maximum absolute atomic E-state index is 13.4. The standard InChI is InChI=1S/C21H19N5O/c27-20(19-16-6-2-1-5-15(16)8-10-22-19)26-12-4-3-7-18(26)17-9-13-25-14-11-23-21(25)24-17/h1-2,5-6,8-11,13-14,18H,3-4,7,12H2/t18-/m1/s1. The van der Waals surface area contributed by atoms with E-state index < -0.39 is 0 Å². The minimum Gasteiger partial charge on any atom is -0.329 e. The summed E-state index contributed by atoms with van der Waals surface area (Å²) >= 11 is 0. The molecule has 0 spiro atoms. The highest BCUT2D eigenvalue weighted by Gasteiger charge is 2.31. The van der Waals surface area contributed by atoms with Gasteiger partial charge >= 0.3 is 0 Å². The summed E-state index contributed by atoms with van der Waals surface area (Å²) in [7, 11) is 0. The predicted molar refractivity (Wildman–Crippen MR) is 102 cm³/mol. The first kappa shape index (κ1) is 15.9. The molecule has 1 saturated heterocycles. The van der Waals surface area contributed by atoms with Crippen molar-refractivity contribution in [2.24, 2.45) is 0 Å². The Hall–Kier alpha value is -3.28. The van der Waals surface area contributed by atoms with E-state index in [2.05, 4.69) is 15.0 Å². The van der Waals surface area contributed by atoms with E-state index in [-0.39, 0.29) is 11.9 Å². The van der Waals surface area contributed by atoms with Crippen molar-refractivity contribution in [1.82, 2.24) is 24.3 Å². The molecule has 134 valence electrons. The maximum Gasteiger partial charge on any atom is 0.273 e. The molecule has 0 aliphatic carbocycles. The molecule has 3 aromatic heterocycles. The number of pyridine rings is 1. The average Bonchev–Trinajstić information content (AvgIpc) is 3.21. The molecular weight excluding hydrogens is 338 g/mol. The van der Waals surface area contributed by atoms with Crippen molar-refractivity contribution in [3.8, 4) is 0 Å². The minimum absolute atomic E-state index is 0.0264. The van der Waals surface area contributed by atoms with Crippen LogP contribution in [-0.2, 0) is 0 Å². The van der Waals surface area contributed by atoms with Gasteiger partial charge in [0.05, 0.1) is 11.7 Å². The van der Waals surface area contributed by atoms with Crippen molar-refractivity contribution in [2.75, 3.05) is 6.54 Å². The van der Waals surface area contributed by atoms with Crippen molar-refractivity contribution < 1.29 is 4.79 Å². The molecule has 1 amide bonds. The molecular formula is C21H19N5O. The molecule has 5 rings (SSSR count). The average molecular weight is 357 g/mol. The van der Waals surface area contributed by atoms with Crippen molar-refractivity contribution in [3.63, 3.8) is 0 Å². The van der Waals surface area contributed by atoms with Gasteiger partial charge in [0.25, 0.3) is 5.91 Å². The summed E-state index contributed by atoms with van der Waals surface area (Å²) in [5, 5.41) is 1.92. The third-order valence-corrected chi connectivity index (χ3v) is 5.26. The van der Waals surface area contributed by atoms with Crippen LogP contribution in [0.3, 0.4) is 0 Å². The van der Waals surface area contributed by atoms with Crippen LogP contribution in [0, 0.1) is 0 Å². The maximum atomic E-state index is 13.4. The summed E-state index contributed by atoms with van der Waals surface area (Å²) in [5.41, 5.74) is 1.41. The van der Waals surface area contributed by atoms with Gasteiger partial charge in [-0.15, -0.1) is 0 Å². The van der Waals surface area contributed by atoms with Crippen molar-refractivity contribution in [3.05, 3.63) is 72.6 Å². The summed E-state index contributed by atoms with van der Waals surface area (Å²) in [6.07, 6.45) is 10.3. The predicted octanol–water partition coefficient (Wildman–Crippen LogP) is 3.64. The van der Waals surface area contributed by atoms with E-state index in [0.29, 0.717) is 11.5 Å². The number of likely N-dealkylation sites (tertiary alicyclic amines) is 1. The van der Waals surface area contributed by atoms with Gasteiger partial charge in [-0.2, -0.15) is 0 Å². The fourth-order valence-corrected chi connectivity index (χ4v) is 3.91. The van der Waals surface area contributed by atoms with Gasteiger partial charge in [0.1, 0.15) is 5.69 Å². The number of hydrogen-bond acceptors (Lipinski definition) is 4. The lowest BCUT2D eigenvalue weighted by molar-refractivity contribution is 0.0602. The minimum atomic E-state index is -0.0475. The summed E-state index contributed by atoms with van der Waals surface area (Å²) in [6.45, 7) is 0.718. The number of fused-ring (bicyclic) bond motifs is 2. The molecule has 1 aliphatic rings. The lowest BCUT2D eigenvalue weighted by Gasteiger charge is -2.35. The number of amides is 1. The molecule has 4 aromatic rings. The molecule has 0 bridgehead atoms. The zero-order chi connectivity index (χ0) is 18.2. The number of nitrogens with zero attached hydrogens (tertiary/aromatic N) is 5. The number of carbonyl (C=O) groups is 1. The Labute approximate surface area is 156 Å². The van der Waals surface area contributed by atoms with Crippen LogP contribution in [0.1, 0.15) is 41.5 Å². The molecule has 0 unspecified atom stereocenters.